The lowest BCUT2D eigenvalue weighted by Gasteiger charge is -2.23. The summed E-state index contributed by atoms with van der Waals surface area (Å²) in [7, 11) is 0. The van der Waals surface area contributed by atoms with Gasteiger partial charge in [-0.3, -0.25) is 5.32 Å². The zero-order chi connectivity index (χ0) is 14.0. The van der Waals surface area contributed by atoms with E-state index >= 15 is 0 Å². The van der Waals surface area contributed by atoms with Crippen molar-refractivity contribution in [3.63, 3.8) is 0 Å². The highest BCUT2D eigenvalue weighted by molar-refractivity contribution is 9.10. The molecule has 0 atom stereocenters. The van der Waals surface area contributed by atoms with Crippen molar-refractivity contribution in [2.75, 3.05) is 5.32 Å². The van der Waals surface area contributed by atoms with Crippen molar-refractivity contribution in [3.05, 3.63) is 45.4 Å². The van der Waals surface area contributed by atoms with Gasteiger partial charge in [0.2, 0.25) is 0 Å². The maximum atomic E-state index is 10.6. The minimum absolute atomic E-state index is 0.268. The van der Waals surface area contributed by atoms with Gasteiger partial charge in [-0.2, -0.15) is 0 Å². The quantitative estimate of drug-likeness (QED) is 0.874. The Morgan fingerprint density at radius 3 is 2.58 bits per heavy atom. The molecule has 1 amide bonds. The zero-order valence-electron chi connectivity index (χ0n) is 10.5. The molecule has 1 aromatic carbocycles. The third kappa shape index (κ3) is 3.13. The third-order valence-electron chi connectivity index (χ3n) is 2.92. The lowest BCUT2D eigenvalue weighted by Crippen LogP contribution is -2.19. The van der Waals surface area contributed by atoms with Gasteiger partial charge in [-0.15, -0.1) is 11.3 Å². The number of nitrogens with one attached hydrogen (secondary N) is 1. The molecule has 0 saturated carbocycles. The van der Waals surface area contributed by atoms with Crippen LogP contribution in [0.4, 0.5) is 9.93 Å². The SMILES string of the molecule is CC(C)(c1ccc(Br)cc1)c1csc(NC(=O)O)n1. The molecule has 0 aliphatic rings. The number of hydrogen-bond acceptors (Lipinski definition) is 3. The van der Waals surface area contributed by atoms with Gasteiger partial charge < -0.3 is 5.11 Å². The molecule has 0 radical (unpaired) electrons. The van der Waals surface area contributed by atoms with Gasteiger partial charge in [0.1, 0.15) is 0 Å². The van der Waals surface area contributed by atoms with E-state index < -0.39 is 6.09 Å². The number of anilines is 1. The third-order valence-corrected chi connectivity index (χ3v) is 4.21. The van der Waals surface area contributed by atoms with Crippen molar-refractivity contribution in [2.45, 2.75) is 19.3 Å². The van der Waals surface area contributed by atoms with E-state index in [1.165, 1.54) is 11.3 Å². The molecular weight excluding hydrogens is 328 g/mol. The van der Waals surface area contributed by atoms with Crippen molar-refractivity contribution >= 4 is 38.5 Å². The van der Waals surface area contributed by atoms with Crippen molar-refractivity contribution in [1.82, 2.24) is 4.98 Å². The van der Waals surface area contributed by atoms with Crippen molar-refractivity contribution in [3.8, 4) is 0 Å². The number of halogens is 1. The van der Waals surface area contributed by atoms with E-state index in [0.717, 1.165) is 15.7 Å². The van der Waals surface area contributed by atoms with Crippen molar-refractivity contribution in [2.24, 2.45) is 0 Å². The van der Waals surface area contributed by atoms with E-state index in [-0.39, 0.29) is 5.41 Å². The largest absolute Gasteiger partial charge is 0.465 e. The summed E-state index contributed by atoms with van der Waals surface area (Å²) in [6.07, 6.45) is -1.10. The topological polar surface area (TPSA) is 62.2 Å². The molecule has 1 heterocycles. The Labute approximate surface area is 123 Å². The summed E-state index contributed by atoms with van der Waals surface area (Å²) in [4.78, 5) is 14.9. The van der Waals surface area contributed by atoms with E-state index in [9.17, 15) is 4.79 Å². The van der Waals surface area contributed by atoms with Gasteiger partial charge in [0.25, 0.3) is 0 Å². The normalized spacial score (nSPS) is 11.3. The molecular formula is C13H13BrN2O2S. The summed E-state index contributed by atoms with van der Waals surface area (Å²) in [6.45, 7) is 4.13. The van der Waals surface area contributed by atoms with Crippen molar-refractivity contribution < 1.29 is 9.90 Å². The van der Waals surface area contributed by atoms with E-state index in [1.807, 2.05) is 29.6 Å². The molecule has 1 aromatic heterocycles. The molecule has 0 unspecified atom stereocenters. The van der Waals surface area contributed by atoms with Crippen LogP contribution in [0.5, 0.6) is 0 Å². The average molecular weight is 341 g/mol. The number of hydrogen-bond donors (Lipinski definition) is 2. The van der Waals surface area contributed by atoms with Crippen LogP contribution in [0.3, 0.4) is 0 Å². The number of carbonyl (C=O) groups is 1. The van der Waals surface area contributed by atoms with Crippen LogP contribution in [0.15, 0.2) is 34.1 Å². The number of aromatic nitrogens is 1. The van der Waals surface area contributed by atoms with Crippen LogP contribution in [0.2, 0.25) is 0 Å². The minimum atomic E-state index is -1.10. The van der Waals surface area contributed by atoms with Crippen LogP contribution < -0.4 is 5.32 Å². The molecule has 0 aliphatic heterocycles. The van der Waals surface area contributed by atoms with Gasteiger partial charge in [-0.25, -0.2) is 9.78 Å². The summed E-state index contributed by atoms with van der Waals surface area (Å²) in [6, 6.07) is 8.04. The number of carboxylic acid groups (broad SMARTS) is 1. The Morgan fingerprint density at radius 2 is 2.00 bits per heavy atom. The van der Waals surface area contributed by atoms with Crippen molar-refractivity contribution in [1.29, 1.82) is 0 Å². The predicted octanol–water partition coefficient (Wildman–Crippen LogP) is 4.32. The molecule has 0 fully saturated rings. The minimum Gasteiger partial charge on any atom is -0.465 e. The second-order valence-electron chi connectivity index (χ2n) is 4.60. The van der Waals surface area contributed by atoms with Crippen LogP contribution in [0.25, 0.3) is 0 Å². The van der Waals surface area contributed by atoms with E-state index in [4.69, 9.17) is 5.11 Å². The fourth-order valence-electron chi connectivity index (χ4n) is 1.72. The van der Waals surface area contributed by atoms with Gasteiger partial charge in [0, 0.05) is 15.3 Å². The maximum absolute atomic E-state index is 10.6. The number of nitrogens with zero attached hydrogens (tertiary/aromatic N) is 1. The monoisotopic (exact) mass is 340 g/mol. The van der Waals surface area contributed by atoms with E-state index in [1.54, 1.807) is 0 Å². The first-order chi connectivity index (χ1) is 8.89. The molecule has 0 saturated heterocycles. The Morgan fingerprint density at radius 1 is 1.37 bits per heavy atom. The molecule has 2 N–H and O–H groups in total. The highest BCUT2D eigenvalue weighted by atomic mass is 79.9. The van der Waals surface area contributed by atoms with Gasteiger partial charge in [0.15, 0.2) is 5.13 Å². The highest BCUT2D eigenvalue weighted by Crippen LogP contribution is 2.33. The van der Waals surface area contributed by atoms with Crippen LogP contribution in [0, 0.1) is 0 Å². The number of rotatable bonds is 3. The molecule has 100 valence electrons. The molecule has 0 bridgehead atoms. The van der Waals surface area contributed by atoms with Crippen LogP contribution >= 0.6 is 27.3 Å². The van der Waals surface area contributed by atoms with Crippen LogP contribution in [0.1, 0.15) is 25.1 Å². The second-order valence-corrected chi connectivity index (χ2v) is 6.37. The van der Waals surface area contributed by atoms with Gasteiger partial charge >= 0.3 is 6.09 Å². The van der Waals surface area contributed by atoms with E-state index in [0.29, 0.717) is 5.13 Å². The molecule has 6 heteroatoms. The zero-order valence-corrected chi connectivity index (χ0v) is 12.9. The summed E-state index contributed by atoms with van der Waals surface area (Å²) in [5.74, 6) is 0. The smallest absolute Gasteiger partial charge is 0.410 e. The Kier molecular flexibility index (Phi) is 3.91. The first-order valence-electron chi connectivity index (χ1n) is 5.61. The summed E-state index contributed by atoms with van der Waals surface area (Å²) in [5, 5.41) is 13.2. The molecule has 2 aromatic rings. The maximum Gasteiger partial charge on any atom is 0.410 e. The molecule has 0 spiro atoms. The Balaban J connectivity index is 2.30. The van der Waals surface area contributed by atoms with Crippen LogP contribution in [-0.2, 0) is 5.41 Å². The van der Waals surface area contributed by atoms with E-state index in [2.05, 4.69) is 40.1 Å². The number of thiazole rings is 1. The average Bonchev–Trinajstić information content (AvgIpc) is 2.78. The van der Waals surface area contributed by atoms with Gasteiger partial charge in [-0.05, 0) is 17.7 Å². The molecule has 0 aliphatic carbocycles. The van der Waals surface area contributed by atoms with Gasteiger partial charge in [0.05, 0.1) is 5.69 Å². The fourth-order valence-corrected chi connectivity index (χ4v) is 2.86. The van der Waals surface area contributed by atoms with Crippen LogP contribution in [-0.4, -0.2) is 16.2 Å². The molecule has 19 heavy (non-hydrogen) atoms. The fraction of sp³-hybridized carbons (Fsp3) is 0.231. The standard InChI is InChI=1S/C13H13BrN2O2S/c1-13(2,8-3-5-9(14)6-4-8)10-7-19-11(15-10)16-12(17)18/h3-7H,1-2H3,(H,15,16)(H,17,18). The first-order valence-corrected chi connectivity index (χ1v) is 7.29. The van der Waals surface area contributed by atoms with Gasteiger partial charge in [-0.1, -0.05) is 41.9 Å². The summed E-state index contributed by atoms with van der Waals surface area (Å²) in [5.41, 5.74) is 1.71. The molecule has 4 nitrogen and oxygen atoms in total. The lowest BCUT2D eigenvalue weighted by molar-refractivity contribution is 0.209. The lowest BCUT2D eigenvalue weighted by atomic mass is 9.82. The highest BCUT2D eigenvalue weighted by Gasteiger charge is 2.26. The summed E-state index contributed by atoms with van der Waals surface area (Å²) < 4.78 is 1.03. The summed E-state index contributed by atoms with van der Waals surface area (Å²) >= 11 is 4.70. The number of amides is 1. The first kappa shape index (κ1) is 14.0. The Hall–Kier alpha value is -1.40. The molecule has 2 rings (SSSR count). The number of benzene rings is 1. The second kappa shape index (κ2) is 5.30. The Bertz CT molecular complexity index is 593. The predicted molar refractivity (Wildman–Crippen MR) is 80.0 cm³/mol.